The van der Waals surface area contributed by atoms with Gasteiger partial charge in [-0.25, -0.2) is 8.42 Å². The minimum atomic E-state index is -3.41. The van der Waals surface area contributed by atoms with Crippen molar-refractivity contribution in [2.45, 2.75) is 43.4 Å². The lowest BCUT2D eigenvalue weighted by atomic mass is 9.90. The van der Waals surface area contributed by atoms with Crippen molar-refractivity contribution in [3.8, 4) is 0 Å². The highest BCUT2D eigenvalue weighted by atomic mass is 32.2. The molecule has 2 aromatic carbocycles. The van der Waals surface area contributed by atoms with E-state index >= 15 is 0 Å². The van der Waals surface area contributed by atoms with Crippen molar-refractivity contribution in [1.82, 2.24) is 9.29 Å². The van der Waals surface area contributed by atoms with Gasteiger partial charge in [0.25, 0.3) is 0 Å². The molecule has 4 rings (SSSR count). The maximum Gasteiger partial charge on any atom is 0.243 e. The average Bonchev–Trinajstić information content (AvgIpc) is 3.12. The molecule has 0 amide bonds. The van der Waals surface area contributed by atoms with Crippen LogP contribution in [-0.2, 0) is 10.0 Å². The Balaban J connectivity index is 1.49. The number of H-pyrrole nitrogens is 1. The molecule has 1 fully saturated rings. The molecular formula is C22H26N2O2S. The van der Waals surface area contributed by atoms with Gasteiger partial charge in [-0.05, 0) is 54.0 Å². The van der Waals surface area contributed by atoms with Crippen molar-refractivity contribution >= 4 is 20.9 Å². The van der Waals surface area contributed by atoms with Crippen LogP contribution in [0.5, 0.6) is 0 Å². The Morgan fingerprint density at radius 3 is 2.33 bits per heavy atom. The van der Waals surface area contributed by atoms with E-state index in [-0.39, 0.29) is 0 Å². The molecule has 0 aliphatic carbocycles. The third kappa shape index (κ3) is 3.42. The van der Waals surface area contributed by atoms with E-state index in [0.717, 1.165) is 23.9 Å². The Labute approximate surface area is 161 Å². The number of para-hydroxylation sites is 1. The maximum absolute atomic E-state index is 13.0. The predicted octanol–water partition coefficient (Wildman–Crippen LogP) is 4.86. The zero-order valence-corrected chi connectivity index (χ0v) is 16.7. The van der Waals surface area contributed by atoms with Crippen molar-refractivity contribution in [3.05, 3.63) is 65.9 Å². The minimum absolute atomic E-state index is 0.397. The molecule has 0 bridgehead atoms. The molecule has 0 radical (unpaired) electrons. The summed E-state index contributed by atoms with van der Waals surface area (Å²) >= 11 is 0. The Hall–Kier alpha value is -2.11. The molecule has 1 aliphatic heterocycles. The monoisotopic (exact) mass is 382 g/mol. The molecule has 4 nitrogen and oxygen atoms in total. The van der Waals surface area contributed by atoms with E-state index in [1.54, 1.807) is 16.4 Å². The van der Waals surface area contributed by atoms with Crippen molar-refractivity contribution in [2.24, 2.45) is 0 Å². The van der Waals surface area contributed by atoms with E-state index in [1.165, 1.54) is 10.9 Å². The van der Waals surface area contributed by atoms with Gasteiger partial charge in [0.15, 0.2) is 0 Å². The fourth-order valence-corrected chi connectivity index (χ4v) is 5.48. The Bertz CT molecular complexity index is 1030. The second-order valence-corrected chi connectivity index (χ2v) is 9.63. The summed E-state index contributed by atoms with van der Waals surface area (Å²) in [6.07, 6.45) is 3.79. The summed E-state index contributed by atoms with van der Waals surface area (Å²) in [5, 5.41) is 1.25. The molecule has 0 unspecified atom stereocenters. The van der Waals surface area contributed by atoms with Crippen molar-refractivity contribution in [2.75, 3.05) is 13.1 Å². The lowest BCUT2D eigenvalue weighted by Gasteiger charge is -2.31. The Morgan fingerprint density at radius 1 is 1.00 bits per heavy atom. The summed E-state index contributed by atoms with van der Waals surface area (Å²) in [6, 6.07) is 15.7. The minimum Gasteiger partial charge on any atom is -0.361 e. The van der Waals surface area contributed by atoms with Crippen molar-refractivity contribution in [1.29, 1.82) is 0 Å². The number of rotatable bonds is 4. The van der Waals surface area contributed by atoms with Gasteiger partial charge in [-0.2, -0.15) is 4.31 Å². The summed E-state index contributed by atoms with van der Waals surface area (Å²) in [4.78, 5) is 3.74. The Morgan fingerprint density at radius 2 is 1.67 bits per heavy atom. The number of fused-ring (bicyclic) bond motifs is 1. The van der Waals surface area contributed by atoms with Crippen LogP contribution < -0.4 is 0 Å². The van der Waals surface area contributed by atoms with E-state index in [1.807, 2.05) is 18.2 Å². The number of aromatic amines is 1. The van der Waals surface area contributed by atoms with E-state index in [2.05, 4.69) is 43.2 Å². The third-order valence-corrected chi connectivity index (χ3v) is 7.61. The molecular weight excluding hydrogens is 356 g/mol. The number of sulfonamides is 1. The van der Waals surface area contributed by atoms with Gasteiger partial charge in [0.1, 0.15) is 0 Å². The molecule has 1 saturated heterocycles. The molecule has 27 heavy (non-hydrogen) atoms. The number of nitrogens with one attached hydrogen (secondary N) is 1. The van der Waals surface area contributed by atoms with Gasteiger partial charge in [-0.15, -0.1) is 0 Å². The van der Waals surface area contributed by atoms with Gasteiger partial charge in [-0.1, -0.05) is 44.2 Å². The predicted molar refractivity (Wildman–Crippen MR) is 110 cm³/mol. The first kappa shape index (κ1) is 18.3. The number of nitrogens with zero attached hydrogens (tertiary/aromatic N) is 1. The number of aromatic nitrogens is 1. The zero-order valence-electron chi connectivity index (χ0n) is 15.9. The molecule has 3 aromatic rings. The van der Waals surface area contributed by atoms with Gasteiger partial charge in [0.2, 0.25) is 10.0 Å². The molecule has 1 aliphatic rings. The summed E-state index contributed by atoms with van der Waals surface area (Å²) in [5.74, 6) is 0.796. The summed E-state index contributed by atoms with van der Waals surface area (Å²) in [5.41, 5.74) is 3.61. The van der Waals surface area contributed by atoms with Crippen LogP contribution in [0.1, 0.15) is 49.7 Å². The van der Waals surface area contributed by atoms with Crippen molar-refractivity contribution in [3.63, 3.8) is 0 Å². The molecule has 0 spiro atoms. The smallest absolute Gasteiger partial charge is 0.243 e. The molecule has 0 saturated carbocycles. The highest BCUT2D eigenvalue weighted by Gasteiger charge is 2.30. The highest BCUT2D eigenvalue weighted by Crippen LogP contribution is 2.34. The number of piperidine rings is 1. The molecule has 142 valence electrons. The van der Waals surface area contributed by atoms with Crippen LogP contribution in [0.15, 0.2) is 59.6 Å². The number of benzene rings is 2. The van der Waals surface area contributed by atoms with Crippen LogP contribution in [-0.4, -0.2) is 30.8 Å². The lowest BCUT2D eigenvalue weighted by Crippen LogP contribution is -2.37. The maximum atomic E-state index is 13.0. The van der Waals surface area contributed by atoms with Crippen LogP contribution in [0, 0.1) is 0 Å². The summed E-state index contributed by atoms with van der Waals surface area (Å²) in [6.45, 7) is 5.36. The SMILES string of the molecule is CC(C)c1ccc(S(=O)(=O)N2CCC(c3c[nH]c4ccccc34)CC2)cc1. The van der Waals surface area contributed by atoms with E-state index in [4.69, 9.17) is 0 Å². The largest absolute Gasteiger partial charge is 0.361 e. The van der Waals surface area contributed by atoms with Gasteiger partial charge in [0.05, 0.1) is 4.90 Å². The Kier molecular flexibility index (Phi) is 4.82. The summed E-state index contributed by atoms with van der Waals surface area (Å²) < 4.78 is 27.6. The number of hydrogen-bond acceptors (Lipinski definition) is 2. The van der Waals surface area contributed by atoms with Crippen LogP contribution in [0.4, 0.5) is 0 Å². The first-order valence-electron chi connectivity index (χ1n) is 9.63. The van der Waals surface area contributed by atoms with E-state index < -0.39 is 10.0 Å². The van der Waals surface area contributed by atoms with Gasteiger partial charge in [0, 0.05) is 30.2 Å². The normalized spacial score (nSPS) is 17.0. The first-order valence-corrected chi connectivity index (χ1v) is 11.1. The quantitative estimate of drug-likeness (QED) is 0.700. The second kappa shape index (κ2) is 7.13. The highest BCUT2D eigenvalue weighted by molar-refractivity contribution is 7.89. The zero-order chi connectivity index (χ0) is 19.0. The first-order chi connectivity index (χ1) is 13.0. The molecule has 2 heterocycles. The van der Waals surface area contributed by atoms with E-state index in [9.17, 15) is 8.42 Å². The van der Waals surface area contributed by atoms with Gasteiger partial charge >= 0.3 is 0 Å². The fraction of sp³-hybridized carbons (Fsp3) is 0.364. The molecule has 1 N–H and O–H groups in total. The third-order valence-electron chi connectivity index (χ3n) is 5.70. The van der Waals surface area contributed by atoms with E-state index in [0.29, 0.717) is 29.8 Å². The standard InChI is InChI=1S/C22H26N2O2S/c1-16(2)17-7-9-19(10-8-17)27(25,26)24-13-11-18(12-14-24)21-15-23-22-6-4-3-5-20(21)22/h3-10,15-16,18,23H,11-14H2,1-2H3. The van der Waals surface area contributed by atoms with Crippen LogP contribution in [0.3, 0.4) is 0 Å². The van der Waals surface area contributed by atoms with Crippen LogP contribution in [0.2, 0.25) is 0 Å². The fourth-order valence-electron chi connectivity index (χ4n) is 4.01. The number of hydrogen-bond donors (Lipinski definition) is 1. The second-order valence-electron chi connectivity index (χ2n) is 7.69. The lowest BCUT2D eigenvalue weighted by molar-refractivity contribution is 0.320. The molecule has 1 aromatic heterocycles. The van der Waals surface area contributed by atoms with Gasteiger partial charge in [-0.3, -0.25) is 0 Å². The van der Waals surface area contributed by atoms with Crippen LogP contribution in [0.25, 0.3) is 10.9 Å². The summed E-state index contributed by atoms with van der Waals surface area (Å²) in [7, 11) is -3.41. The van der Waals surface area contributed by atoms with Crippen LogP contribution >= 0.6 is 0 Å². The topological polar surface area (TPSA) is 53.2 Å². The average molecular weight is 383 g/mol. The van der Waals surface area contributed by atoms with Crippen molar-refractivity contribution < 1.29 is 8.42 Å². The van der Waals surface area contributed by atoms with Gasteiger partial charge < -0.3 is 4.98 Å². The molecule has 5 heteroatoms. The molecule has 0 atom stereocenters.